The van der Waals surface area contributed by atoms with Crippen molar-refractivity contribution in [2.24, 2.45) is 0 Å². The number of anilines is 1. The third kappa shape index (κ3) is 6.04. The summed E-state index contributed by atoms with van der Waals surface area (Å²) in [7, 11) is -3.79. The maximum absolute atomic E-state index is 13.2. The van der Waals surface area contributed by atoms with Gasteiger partial charge >= 0.3 is 0 Å². The molecule has 0 aliphatic rings. The SMILES string of the molecule is O=C(CS(=O)(=O)c1ccc(Cl)cc1)Nc1cccc(OCc2cccc(F)c2)c1. The Labute approximate surface area is 173 Å². The lowest BCUT2D eigenvalue weighted by molar-refractivity contribution is -0.113. The Morgan fingerprint density at radius 2 is 1.72 bits per heavy atom. The second-order valence-electron chi connectivity index (χ2n) is 6.21. The molecule has 0 saturated carbocycles. The van der Waals surface area contributed by atoms with Gasteiger partial charge in [0.1, 0.15) is 23.9 Å². The zero-order valence-corrected chi connectivity index (χ0v) is 16.7. The number of amides is 1. The first-order valence-electron chi connectivity index (χ1n) is 8.57. The molecule has 29 heavy (non-hydrogen) atoms. The smallest absolute Gasteiger partial charge is 0.239 e. The van der Waals surface area contributed by atoms with E-state index in [1.54, 1.807) is 36.4 Å². The van der Waals surface area contributed by atoms with Crippen molar-refractivity contribution >= 4 is 33.0 Å². The molecule has 0 aliphatic heterocycles. The van der Waals surface area contributed by atoms with Crippen molar-refractivity contribution in [3.8, 4) is 5.75 Å². The number of halogens is 2. The van der Waals surface area contributed by atoms with E-state index in [4.69, 9.17) is 16.3 Å². The first-order chi connectivity index (χ1) is 13.8. The molecule has 1 N–H and O–H groups in total. The molecule has 0 unspecified atom stereocenters. The van der Waals surface area contributed by atoms with Gasteiger partial charge in [0.25, 0.3) is 0 Å². The van der Waals surface area contributed by atoms with Crippen LogP contribution in [0.1, 0.15) is 5.56 Å². The fourth-order valence-corrected chi connectivity index (χ4v) is 3.81. The summed E-state index contributed by atoms with van der Waals surface area (Å²) in [5, 5.41) is 2.95. The lowest BCUT2D eigenvalue weighted by Gasteiger charge is -2.10. The summed E-state index contributed by atoms with van der Waals surface area (Å²) in [6, 6.07) is 18.2. The van der Waals surface area contributed by atoms with Crippen molar-refractivity contribution in [2.75, 3.05) is 11.1 Å². The summed E-state index contributed by atoms with van der Waals surface area (Å²) < 4.78 is 43.5. The second-order valence-corrected chi connectivity index (χ2v) is 8.63. The minimum atomic E-state index is -3.79. The molecule has 150 valence electrons. The van der Waals surface area contributed by atoms with Crippen LogP contribution in [0.4, 0.5) is 10.1 Å². The van der Waals surface area contributed by atoms with E-state index in [9.17, 15) is 17.6 Å². The van der Waals surface area contributed by atoms with Gasteiger partial charge in [-0.2, -0.15) is 0 Å². The maximum Gasteiger partial charge on any atom is 0.239 e. The molecular formula is C21H17ClFNO4S. The van der Waals surface area contributed by atoms with Crippen LogP contribution in [0.25, 0.3) is 0 Å². The van der Waals surface area contributed by atoms with Gasteiger partial charge in [0.15, 0.2) is 9.84 Å². The average Bonchev–Trinajstić information content (AvgIpc) is 2.66. The number of benzene rings is 3. The summed E-state index contributed by atoms with van der Waals surface area (Å²) >= 11 is 5.76. The molecule has 0 heterocycles. The van der Waals surface area contributed by atoms with Gasteiger partial charge in [-0.05, 0) is 54.1 Å². The van der Waals surface area contributed by atoms with E-state index in [2.05, 4.69) is 5.32 Å². The van der Waals surface area contributed by atoms with Gasteiger partial charge in [-0.1, -0.05) is 29.8 Å². The molecule has 0 aromatic heterocycles. The first kappa shape index (κ1) is 20.8. The summed E-state index contributed by atoms with van der Waals surface area (Å²) in [5.74, 6) is -1.29. The normalized spacial score (nSPS) is 11.1. The van der Waals surface area contributed by atoms with E-state index in [0.29, 0.717) is 22.0 Å². The van der Waals surface area contributed by atoms with Crippen molar-refractivity contribution < 1.29 is 22.3 Å². The van der Waals surface area contributed by atoms with Crippen LogP contribution in [-0.2, 0) is 21.2 Å². The molecule has 8 heteroatoms. The zero-order chi connectivity index (χ0) is 20.9. The lowest BCUT2D eigenvalue weighted by atomic mass is 10.2. The van der Waals surface area contributed by atoms with E-state index in [1.165, 1.54) is 36.4 Å². The van der Waals surface area contributed by atoms with Crippen molar-refractivity contribution in [2.45, 2.75) is 11.5 Å². The highest BCUT2D eigenvalue weighted by Crippen LogP contribution is 2.20. The van der Waals surface area contributed by atoms with Crippen LogP contribution in [0.3, 0.4) is 0 Å². The fourth-order valence-electron chi connectivity index (χ4n) is 2.55. The highest BCUT2D eigenvalue weighted by molar-refractivity contribution is 7.92. The van der Waals surface area contributed by atoms with Gasteiger partial charge in [-0.25, -0.2) is 12.8 Å². The van der Waals surface area contributed by atoms with Gasteiger partial charge in [-0.3, -0.25) is 4.79 Å². The Morgan fingerprint density at radius 1 is 1.00 bits per heavy atom. The molecule has 3 aromatic rings. The van der Waals surface area contributed by atoms with Crippen LogP contribution in [0.5, 0.6) is 5.75 Å². The zero-order valence-electron chi connectivity index (χ0n) is 15.1. The molecular weight excluding hydrogens is 417 g/mol. The van der Waals surface area contributed by atoms with Crippen LogP contribution in [0.15, 0.2) is 77.7 Å². The molecule has 0 spiro atoms. The summed E-state index contributed by atoms with van der Waals surface area (Å²) in [4.78, 5) is 12.2. The largest absolute Gasteiger partial charge is 0.489 e. The van der Waals surface area contributed by atoms with Crippen molar-refractivity contribution in [1.82, 2.24) is 0 Å². The Morgan fingerprint density at radius 3 is 2.45 bits per heavy atom. The van der Waals surface area contributed by atoms with Crippen LogP contribution in [0.2, 0.25) is 5.02 Å². The average molecular weight is 434 g/mol. The Kier molecular flexibility index (Phi) is 6.51. The molecule has 0 bridgehead atoms. The quantitative estimate of drug-likeness (QED) is 0.596. The number of hydrogen-bond acceptors (Lipinski definition) is 4. The summed E-state index contributed by atoms with van der Waals surface area (Å²) in [6.45, 7) is 0.153. The Bertz CT molecular complexity index is 1120. The number of carbonyl (C=O) groups excluding carboxylic acids is 1. The third-order valence-electron chi connectivity index (χ3n) is 3.91. The number of carbonyl (C=O) groups is 1. The van der Waals surface area contributed by atoms with Gasteiger partial charge in [0.05, 0.1) is 4.90 Å². The molecule has 5 nitrogen and oxygen atoms in total. The number of ether oxygens (including phenoxy) is 1. The fraction of sp³-hybridized carbons (Fsp3) is 0.0952. The molecule has 3 aromatic carbocycles. The molecule has 0 fully saturated rings. The van der Waals surface area contributed by atoms with Gasteiger partial charge in [-0.15, -0.1) is 0 Å². The van der Waals surface area contributed by atoms with E-state index >= 15 is 0 Å². The van der Waals surface area contributed by atoms with Crippen molar-refractivity contribution in [3.63, 3.8) is 0 Å². The third-order valence-corrected chi connectivity index (χ3v) is 5.79. The highest BCUT2D eigenvalue weighted by atomic mass is 35.5. The number of rotatable bonds is 7. The van der Waals surface area contributed by atoms with Gasteiger partial charge in [0.2, 0.25) is 5.91 Å². The van der Waals surface area contributed by atoms with Crippen LogP contribution in [0, 0.1) is 5.82 Å². The molecule has 3 rings (SSSR count). The summed E-state index contributed by atoms with van der Waals surface area (Å²) in [6.07, 6.45) is 0. The predicted molar refractivity (Wildman–Crippen MR) is 109 cm³/mol. The molecule has 0 radical (unpaired) electrons. The maximum atomic E-state index is 13.2. The molecule has 0 saturated heterocycles. The monoisotopic (exact) mass is 433 g/mol. The molecule has 0 atom stereocenters. The highest BCUT2D eigenvalue weighted by Gasteiger charge is 2.19. The van der Waals surface area contributed by atoms with E-state index in [-0.39, 0.29) is 17.3 Å². The Balaban J connectivity index is 1.62. The minimum Gasteiger partial charge on any atom is -0.489 e. The molecule has 1 amide bonds. The van der Waals surface area contributed by atoms with E-state index in [0.717, 1.165) is 0 Å². The number of hydrogen-bond donors (Lipinski definition) is 1. The molecule has 0 aliphatic carbocycles. The van der Waals surface area contributed by atoms with Crippen LogP contribution in [-0.4, -0.2) is 20.1 Å². The van der Waals surface area contributed by atoms with E-state index in [1.807, 2.05) is 0 Å². The second kappa shape index (κ2) is 9.07. The summed E-state index contributed by atoms with van der Waals surface area (Å²) in [5.41, 5.74) is 1.05. The number of nitrogens with one attached hydrogen (secondary N) is 1. The van der Waals surface area contributed by atoms with Crippen LogP contribution < -0.4 is 10.1 Å². The standard InChI is InChI=1S/C21H17ClFNO4S/c22-16-7-9-20(10-8-16)29(26,27)14-21(25)24-18-5-2-6-19(12-18)28-13-15-3-1-4-17(23)11-15/h1-12H,13-14H2,(H,24,25). The predicted octanol–water partition coefficient (Wildman–Crippen LogP) is 4.47. The van der Waals surface area contributed by atoms with Gasteiger partial charge in [0, 0.05) is 16.8 Å². The minimum absolute atomic E-state index is 0.0178. The lowest BCUT2D eigenvalue weighted by Crippen LogP contribution is -2.23. The van der Waals surface area contributed by atoms with Crippen LogP contribution >= 0.6 is 11.6 Å². The van der Waals surface area contributed by atoms with Gasteiger partial charge < -0.3 is 10.1 Å². The van der Waals surface area contributed by atoms with Crippen molar-refractivity contribution in [1.29, 1.82) is 0 Å². The Hall–Kier alpha value is -2.90. The number of sulfone groups is 1. The first-order valence-corrected chi connectivity index (χ1v) is 10.6. The topological polar surface area (TPSA) is 72.5 Å². The van der Waals surface area contributed by atoms with Crippen molar-refractivity contribution in [3.05, 3.63) is 89.2 Å². The van der Waals surface area contributed by atoms with E-state index < -0.39 is 21.5 Å².